The van der Waals surface area contributed by atoms with Crippen LogP contribution in [0, 0.1) is 5.92 Å². The highest BCUT2D eigenvalue weighted by Crippen LogP contribution is 2.24. The first-order valence-electron chi connectivity index (χ1n) is 5.70. The Kier molecular flexibility index (Phi) is 5.60. The van der Waals surface area contributed by atoms with Gasteiger partial charge in [0, 0.05) is 0 Å². The Morgan fingerprint density at radius 1 is 1.12 bits per heavy atom. The van der Waals surface area contributed by atoms with E-state index in [4.69, 9.17) is 23.2 Å². The van der Waals surface area contributed by atoms with Crippen molar-refractivity contribution in [2.24, 2.45) is 5.92 Å². The van der Waals surface area contributed by atoms with Gasteiger partial charge in [-0.1, -0.05) is 56.0 Å². The molecular weight excluding hydrogens is 243 g/mol. The molecule has 0 fully saturated rings. The summed E-state index contributed by atoms with van der Waals surface area (Å²) in [4.78, 5) is 0. The van der Waals surface area contributed by atoms with Crippen LogP contribution in [0.1, 0.15) is 32.3 Å². The number of hydrogen-bond acceptors (Lipinski definition) is 1. The van der Waals surface area contributed by atoms with E-state index in [1.165, 1.54) is 0 Å². The smallest absolute Gasteiger partial charge is 0.0608 e. The molecule has 1 nitrogen and oxygen atoms in total. The van der Waals surface area contributed by atoms with Crippen LogP contribution in [0.4, 0.5) is 0 Å². The number of aliphatic hydroxyl groups excluding tert-OH is 1. The van der Waals surface area contributed by atoms with Gasteiger partial charge in [0.1, 0.15) is 0 Å². The average molecular weight is 261 g/mol. The number of rotatable bonds is 5. The largest absolute Gasteiger partial charge is 0.392 e. The Morgan fingerprint density at radius 3 is 2.25 bits per heavy atom. The molecule has 0 saturated heterocycles. The number of hydrogen-bond donors (Lipinski definition) is 1. The van der Waals surface area contributed by atoms with Gasteiger partial charge in [0.2, 0.25) is 0 Å². The third-order valence-corrected chi connectivity index (χ3v) is 3.76. The molecule has 1 unspecified atom stereocenters. The summed E-state index contributed by atoms with van der Waals surface area (Å²) in [5, 5.41) is 11.2. The van der Waals surface area contributed by atoms with Crippen LogP contribution in [0.2, 0.25) is 10.0 Å². The van der Waals surface area contributed by atoms with Crippen LogP contribution in [0.5, 0.6) is 0 Å². The average Bonchev–Trinajstić information content (AvgIpc) is 2.25. The molecule has 0 spiro atoms. The summed E-state index contributed by atoms with van der Waals surface area (Å²) in [6, 6.07) is 5.52. The maximum Gasteiger partial charge on any atom is 0.0608 e. The van der Waals surface area contributed by atoms with Crippen LogP contribution < -0.4 is 0 Å². The second-order valence-corrected chi connectivity index (χ2v) is 4.91. The summed E-state index contributed by atoms with van der Waals surface area (Å²) in [6.45, 7) is 4.21. The monoisotopic (exact) mass is 260 g/mol. The lowest BCUT2D eigenvalue weighted by molar-refractivity contribution is 0.103. The molecule has 1 aromatic rings. The molecular formula is C13H18Cl2O. The van der Waals surface area contributed by atoms with Crippen LogP contribution in [0.25, 0.3) is 0 Å². The van der Waals surface area contributed by atoms with E-state index < -0.39 is 0 Å². The standard InChI is InChI=1S/C13H18Cl2O/c1-3-10(4-2)13(16)8-9-5-6-11(14)12(15)7-9/h5-7,10,13,16H,3-4,8H2,1-2H3. The molecule has 0 amide bonds. The van der Waals surface area contributed by atoms with Gasteiger partial charge in [0.25, 0.3) is 0 Å². The van der Waals surface area contributed by atoms with Gasteiger partial charge >= 0.3 is 0 Å². The molecule has 0 saturated carbocycles. The van der Waals surface area contributed by atoms with Crippen LogP contribution in [-0.2, 0) is 6.42 Å². The van der Waals surface area contributed by atoms with Crippen molar-refractivity contribution in [3.05, 3.63) is 33.8 Å². The van der Waals surface area contributed by atoms with Crippen LogP contribution in [0.15, 0.2) is 18.2 Å². The van der Waals surface area contributed by atoms with Crippen molar-refractivity contribution in [2.45, 2.75) is 39.2 Å². The van der Waals surface area contributed by atoms with E-state index in [1.54, 1.807) is 6.07 Å². The molecule has 1 N–H and O–H groups in total. The van der Waals surface area contributed by atoms with E-state index >= 15 is 0 Å². The number of aliphatic hydroxyl groups is 1. The second kappa shape index (κ2) is 6.48. The Balaban J connectivity index is 2.69. The lowest BCUT2D eigenvalue weighted by atomic mass is 9.92. The summed E-state index contributed by atoms with van der Waals surface area (Å²) in [5.74, 6) is 0.356. The highest BCUT2D eigenvalue weighted by Gasteiger charge is 2.16. The molecule has 0 aliphatic carbocycles. The van der Waals surface area contributed by atoms with E-state index in [0.717, 1.165) is 18.4 Å². The minimum atomic E-state index is -0.299. The Bertz CT molecular complexity index is 335. The van der Waals surface area contributed by atoms with Gasteiger partial charge in [-0.3, -0.25) is 0 Å². The van der Waals surface area contributed by atoms with Gasteiger partial charge in [0.15, 0.2) is 0 Å². The third kappa shape index (κ3) is 3.65. The first kappa shape index (κ1) is 13.8. The summed E-state index contributed by atoms with van der Waals surface area (Å²) in [7, 11) is 0. The molecule has 0 aromatic heterocycles. The maximum atomic E-state index is 10.0. The highest BCUT2D eigenvalue weighted by atomic mass is 35.5. The number of benzene rings is 1. The fraction of sp³-hybridized carbons (Fsp3) is 0.538. The van der Waals surface area contributed by atoms with Crippen molar-refractivity contribution in [1.29, 1.82) is 0 Å². The van der Waals surface area contributed by atoms with E-state index in [1.807, 2.05) is 12.1 Å². The molecule has 0 aliphatic heterocycles. The summed E-state index contributed by atoms with van der Waals surface area (Å²) >= 11 is 11.8. The summed E-state index contributed by atoms with van der Waals surface area (Å²) in [5.41, 5.74) is 1.04. The maximum absolute atomic E-state index is 10.0. The van der Waals surface area contributed by atoms with Crippen molar-refractivity contribution < 1.29 is 5.11 Å². The zero-order valence-corrected chi connectivity index (χ0v) is 11.2. The minimum Gasteiger partial charge on any atom is -0.392 e. The zero-order chi connectivity index (χ0) is 12.1. The number of halogens is 2. The van der Waals surface area contributed by atoms with Gasteiger partial charge in [0.05, 0.1) is 16.1 Å². The molecule has 0 aliphatic rings. The first-order valence-corrected chi connectivity index (χ1v) is 6.46. The quantitative estimate of drug-likeness (QED) is 0.836. The molecule has 16 heavy (non-hydrogen) atoms. The van der Waals surface area contributed by atoms with Gasteiger partial charge < -0.3 is 5.11 Å². The van der Waals surface area contributed by atoms with E-state index in [2.05, 4.69) is 13.8 Å². The topological polar surface area (TPSA) is 20.2 Å². The molecule has 1 aromatic carbocycles. The predicted molar refractivity (Wildman–Crippen MR) is 70.2 cm³/mol. The minimum absolute atomic E-state index is 0.299. The third-order valence-electron chi connectivity index (χ3n) is 3.02. The van der Waals surface area contributed by atoms with E-state index in [0.29, 0.717) is 22.4 Å². The fourth-order valence-electron chi connectivity index (χ4n) is 1.91. The first-order chi connectivity index (χ1) is 7.58. The molecule has 3 heteroatoms. The van der Waals surface area contributed by atoms with E-state index in [-0.39, 0.29) is 6.10 Å². The SMILES string of the molecule is CCC(CC)C(O)Cc1ccc(Cl)c(Cl)c1. The molecule has 0 radical (unpaired) electrons. The normalized spacial score (nSPS) is 13.1. The lowest BCUT2D eigenvalue weighted by Gasteiger charge is -2.20. The van der Waals surface area contributed by atoms with Crippen molar-refractivity contribution in [1.82, 2.24) is 0 Å². The van der Waals surface area contributed by atoms with Crippen molar-refractivity contribution in [3.8, 4) is 0 Å². The summed E-state index contributed by atoms with van der Waals surface area (Å²) < 4.78 is 0. The molecule has 0 heterocycles. The van der Waals surface area contributed by atoms with Gasteiger partial charge in [-0.2, -0.15) is 0 Å². The zero-order valence-electron chi connectivity index (χ0n) is 9.71. The van der Waals surface area contributed by atoms with E-state index in [9.17, 15) is 5.11 Å². The van der Waals surface area contributed by atoms with Gasteiger partial charge in [-0.05, 0) is 30.0 Å². The fourth-order valence-corrected chi connectivity index (χ4v) is 2.23. The van der Waals surface area contributed by atoms with Gasteiger partial charge in [-0.25, -0.2) is 0 Å². The van der Waals surface area contributed by atoms with Gasteiger partial charge in [-0.15, -0.1) is 0 Å². The van der Waals surface area contributed by atoms with Crippen molar-refractivity contribution in [3.63, 3.8) is 0 Å². The van der Waals surface area contributed by atoms with Crippen molar-refractivity contribution >= 4 is 23.2 Å². The Morgan fingerprint density at radius 2 is 1.75 bits per heavy atom. The molecule has 0 bridgehead atoms. The lowest BCUT2D eigenvalue weighted by Crippen LogP contribution is -2.21. The molecule has 1 atom stereocenters. The summed E-state index contributed by atoms with van der Waals surface area (Å²) in [6.07, 6.45) is 2.34. The highest BCUT2D eigenvalue weighted by molar-refractivity contribution is 6.42. The molecule has 90 valence electrons. The Hall–Kier alpha value is -0.240. The molecule has 1 rings (SSSR count). The van der Waals surface area contributed by atoms with Crippen LogP contribution in [0.3, 0.4) is 0 Å². The van der Waals surface area contributed by atoms with Crippen LogP contribution in [-0.4, -0.2) is 11.2 Å². The predicted octanol–water partition coefficient (Wildman–Crippen LogP) is 4.33. The van der Waals surface area contributed by atoms with Crippen LogP contribution >= 0.6 is 23.2 Å². The Labute approximate surface area is 107 Å². The second-order valence-electron chi connectivity index (χ2n) is 4.10. The van der Waals surface area contributed by atoms with Crippen molar-refractivity contribution in [2.75, 3.05) is 0 Å².